The first-order valence-electron chi connectivity index (χ1n) is 10.8. The van der Waals surface area contributed by atoms with Gasteiger partial charge in [0.05, 0.1) is 12.1 Å². The first-order chi connectivity index (χ1) is 14.7. The average molecular weight is 409 g/mol. The van der Waals surface area contributed by atoms with E-state index in [4.69, 9.17) is 0 Å². The van der Waals surface area contributed by atoms with E-state index in [1.807, 2.05) is 24.4 Å². The second kappa shape index (κ2) is 8.06. The Bertz CT molecular complexity index is 1080. The summed E-state index contributed by atoms with van der Waals surface area (Å²) >= 11 is 0. The van der Waals surface area contributed by atoms with E-state index in [1.165, 1.54) is 4.68 Å². The molecule has 1 saturated heterocycles. The van der Waals surface area contributed by atoms with Crippen molar-refractivity contribution in [2.24, 2.45) is 0 Å². The standard InChI is InChI=1S/C21H27N7O2/c29-17-6-3-5-16(17)28-21(30)10-9-20(25-28)26-12-2-1-4-15(26)14-23-18-7-8-19-22-11-13-27(19)24-18/h7-11,13,15-17,29H,1-6,12,14H2,(H,23,24). The summed E-state index contributed by atoms with van der Waals surface area (Å²) in [5, 5.41) is 22.9. The van der Waals surface area contributed by atoms with Gasteiger partial charge in [0.25, 0.3) is 5.56 Å². The van der Waals surface area contributed by atoms with E-state index in [9.17, 15) is 9.90 Å². The highest BCUT2D eigenvalue weighted by molar-refractivity contribution is 5.45. The molecule has 3 aromatic heterocycles. The van der Waals surface area contributed by atoms with Crippen molar-refractivity contribution >= 4 is 17.3 Å². The lowest BCUT2D eigenvalue weighted by Gasteiger charge is -2.37. The number of nitrogens with one attached hydrogen (secondary N) is 1. The number of aliphatic hydroxyl groups is 1. The highest BCUT2D eigenvalue weighted by Crippen LogP contribution is 2.29. The second-order valence-electron chi connectivity index (χ2n) is 8.21. The molecule has 158 valence electrons. The molecule has 0 bridgehead atoms. The third kappa shape index (κ3) is 3.65. The lowest BCUT2D eigenvalue weighted by Crippen LogP contribution is -2.45. The molecule has 0 amide bonds. The van der Waals surface area contributed by atoms with Gasteiger partial charge >= 0.3 is 0 Å². The fraction of sp³-hybridized carbons (Fsp3) is 0.524. The smallest absolute Gasteiger partial charge is 0.267 e. The normalized spacial score (nSPS) is 24.4. The topological polar surface area (TPSA) is 101 Å². The Hall–Kier alpha value is -2.94. The van der Waals surface area contributed by atoms with Gasteiger partial charge in [0.2, 0.25) is 0 Å². The van der Waals surface area contributed by atoms with Crippen molar-refractivity contribution in [3.05, 3.63) is 47.0 Å². The lowest BCUT2D eigenvalue weighted by molar-refractivity contribution is 0.127. The predicted octanol–water partition coefficient (Wildman–Crippen LogP) is 1.84. The van der Waals surface area contributed by atoms with Crippen LogP contribution < -0.4 is 15.8 Å². The quantitative estimate of drug-likeness (QED) is 0.663. The van der Waals surface area contributed by atoms with Crippen LogP contribution in [0, 0.1) is 0 Å². The van der Waals surface area contributed by atoms with Crippen molar-refractivity contribution in [1.29, 1.82) is 0 Å². The van der Waals surface area contributed by atoms with Crippen LogP contribution in [0.2, 0.25) is 0 Å². The van der Waals surface area contributed by atoms with Gasteiger partial charge in [-0.3, -0.25) is 4.79 Å². The van der Waals surface area contributed by atoms with E-state index in [0.717, 1.165) is 68.9 Å². The van der Waals surface area contributed by atoms with Gasteiger partial charge in [-0.25, -0.2) is 14.2 Å². The second-order valence-corrected chi connectivity index (χ2v) is 8.21. The molecule has 4 heterocycles. The van der Waals surface area contributed by atoms with Gasteiger partial charge in [0.1, 0.15) is 11.6 Å². The summed E-state index contributed by atoms with van der Waals surface area (Å²) in [6.45, 7) is 1.64. The van der Waals surface area contributed by atoms with Crippen molar-refractivity contribution in [2.75, 3.05) is 23.3 Å². The highest BCUT2D eigenvalue weighted by atomic mass is 16.3. The molecule has 1 saturated carbocycles. The number of anilines is 2. The summed E-state index contributed by atoms with van der Waals surface area (Å²) in [6, 6.07) is 7.32. The molecule has 3 unspecified atom stereocenters. The summed E-state index contributed by atoms with van der Waals surface area (Å²) in [6.07, 6.45) is 8.84. The minimum Gasteiger partial charge on any atom is -0.391 e. The molecule has 3 atom stereocenters. The Labute approximate surface area is 174 Å². The van der Waals surface area contributed by atoms with E-state index >= 15 is 0 Å². The largest absolute Gasteiger partial charge is 0.391 e. The highest BCUT2D eigenvalue weighted by Gasteiger charge is 2.30. The zero-order valence-electron chi connectivity index (χ0n) is 16.9. The zero-order valence-corrected chi connectivity index (χ0v) is 16.9. The van der Waals surface area contributed by atoms with Crippen LogP contribution in [-0.4, -0.2) is 54.7 Å². The number of fused-ring (bicyclic) bond motifs is 1. The Morgan fingerprint density at radius 1 is 1.07 bits per heavy atom. The number of imidazole rings is 1. The number of hydrogen-bond acceptors (Lipinski definition) is 7. The van der Waals surface area contributed by atoms with E-state index in [0.29, 0.717) is 0 Å². The third-order valence-electron chi connectivity index (χ3n) is 6.26. The molecule has 2 aliphatic rings. The molecule has 3 aromatic rings. The van der Waals surface area contributed by atoms with Gasteiger partial charge in [-0.05, 0) is 56.7 Å². The number of aliphatic hydroxyl groups excluding tert-OH is 1. The minimum absolute atomic E-state index is 0.144. The van der Waals surface area contributed by atoms with E-state index in [2.05, 4.69) is 25.4 Å². The van der Waals surface area contributed by atoms with Crippen LogP contribution in [0.15, 0.2) is 41.5 Å². The fourth-order valence-electron chi connectivity index (χ4n) is 4.66. The van der Waals surface area contributed by atoms with Gasteiger partial charge in [0, 0.05) is 37.6 Å². The SMILES string of the molecule is O=c1ccc(N2CCCCC2CNc2ccc3nccn3n2)nn1C1CCCC1O. The van der Waals surface area contributed by atoms with E-state index < -0.39 is 6.10 Å². The maximum atomic E-state index is 12.4. The van der Waals surface area contributed by atoms with Crippen molar-refractivity contribution < 1.29 is 5.11 Å². The molecule has 0 spiro atoms. The molecule has 1 aliphatic heterocycles. The maximum Gasteiger partial charge on any atom is 0.267 e. The third-order valence-corrected chi connectivity index (χ3v) is 6.26. The monoisotopic (exact) mass is 409 g/mol. The van der Waals surface area contributed by atoms with Crippen LogP contribution in [0.5, 0.6) is 0 Å². The molecule has 0 radical (unpaired) electrons. The number of nitrogens with zero attached hydrogens (tertiary/aromatic N) is 6. The van der Waals surface area contributed by atoms with Gasteiger partial charge < -0.3 is 15.3 Å². The van der Waals surface area contributed by atoms with Gasteiger partial charge in [-0.15, -0.1) is 5.10 Å². The van der Waals surface area contributed by atoms with Crippen molar-refractivity contribution in [2.45, 2.75) is 56.7 Å². The van der Waals surface area contributed by atoms with Crippen LogP contribution in [0.25, 0.3) is 5.65 Å². The lowest BCUT2D eigenvalue weighted by atomic mass is 10.0. The fourth-order valence-corrected chi connectivity index (χ4v) is 4.66. The molecule has 0 aromatic carbocycles. The molecule has 30 heavy (non-hydrogen) atoms. The van der Waals surface area contributed by atoms with Crippen LogP contribution in [0.1, 0.15) is 44.6 Å². The molecule has 9 heteroatoms. The average Bonchev–Trinajstić information content (AvgIpc) is 3.41. The molecule has 2 fully saturated rings. The summed E-state index contributed by atoms with van der Waals surface area (Å²) in [7, 11) is 0. The summed E-state index contributed by atoms with van der Waals surface area (Å²) in [5.41, 5.74) is 0.676. The minimum atomic E-state index is -0.492. The Balaban J connectivity index is 1.35. The van der Waals surface area contributed by atoms with Crippen molar-refractivity contribution in [3.8, 4) is 0 Å². The van der Waals surface area contributed by atoms with Crippen LogP contribution >= 0.6 is 0 Å². The zero-order chi connectivity index (χ0) is 20.5. The maximum absolute atomic E-state index is 12.4. The first-order valence-corrected chi connectivity index (χ1v) is 10.8. The first kappa shape index (κ1) is 19.0. The Morgan fingerprint density at radius 3 is 2.87 bits per heavy atom. The van der Waals surface area contributed by atoms with Crippen molar-refractivity contribution in [1.82, 2.24) is 24.4 Å². The van der Waals surface area contributed by atoms with Crippen molar-refractivity contribution in [3.63, 3.8) is 0 Å². The Morgan fingerprint density at radius 2 is 2.00 bits per heavy atom. The van der Waals surface area contributed by atoms with Crippen LogP contribution in [0.3, 0.4) is 0 Å². The summed E-state index contributed by atoms with van der Waals surface area (Å²) in [4.78, 5) is 18.9. The molecule has 9 nitrogen and oxygen atoms in total. The van der Waals surface area contributed by atoms with Gasteiger partial charge in [-0.1, -0.05) is 0 Å². The predicted molar refractivity (Wildman–Crippen MR) is 114 cm³/mol. The van der Waals surface area contributed by atoms with Crippen LogP contribution in [-0.2, 0) is 0 Å². The number of aromatic nitrogens is 5. The molecule has 1 aliphatic carbocycles. The van der Waals surface area contributed by atoms with Gasteiger partial charge in [-0.2, -0.15) is 5.10 Å². The Kier molecular flexibility index (Phi) is 5.12. The molecule has 5 rings (SSSR count). The molecular weight excluding hydrogens is 382 g/mol. The number of hydrogen-bond donors (Lipinski definition) is 2. The molecular formula is C21H27N7O2. The van der Waals surface area contributed by atoms with Gasteiger partial charge in [0.15, 0.2) is 5.65 Å². The summed E-state index contributed by atoms with van der Waals surface area (Å²) in [5.74, 6) is 1.61. The summed E-state index contributed by atoms with van der Waals surface area (Å²) < 4.78 is 3.26. The molecule has 2 N–H and O–H groups in total. The number of rotatable bonds is 5. The van der Waals surface area contributed by atoms with E-state index in [1.54, 1.807) is 16.8 Å². The van der Waals surface area contributed by atoms with E-state index in [-0.39, 0.29) is 17.6 Å². The van der Waals surface area contributed by atoms with Crippen LogP contribution in [0.4, 0.5) is 11.6 Å². The number of piperidine rings is 1.